The predicted octanol–water partition coefficient (Wildman–Crippen LogP) is 3.58. The molecule has 1 unspecified atom stereocenters. The molecule has 2 atom stereocenters. The number of rotatable bonds is 7. The van der Waals surface area contributed by atoms with Crippen molar-refractivity contribution in [2.24, 2.45) is 5.92 Å². The van der Waals surface area contributed by atoms with E-state index in [-0.39, 0.29) is 12.0 Å². The van der Waals surface area contributed by atoms with Gasteiger partial charge in [0.1, 0.15) is 6.04 Å². The van der Waals surface area contributed by atoms with Gasteiger partial charge >= 0.3 is 0 Å². The summed E-state index contributed by atoms with van der Waals surface area (Å²) in [7, 11) is 0. The van der Waals surface area contributed by atoms with Crippen LogP contribution >= 0.6 is 23.4 Å². The molecule has 0 radical (unpaired) electrons. The van der Waals surface area contributed by atoms with Gasteiger partial charge in [-0.2, -0.15) is 5.26 Å². The highest BCUT2D eigenvalue weighted by Gasteiger charge is 2.23. The number of hydrogen-bond donors (Lipinski definition) is 0. The van der Waals surface area contributed by atoms with Crippen molar-refractivity contribution in [2.75, 3.05) is 18.0 Å². The summed E-state index contributed by atoms with van der Waals surface area (Å²) in [6, 6.07) is 12.5. The maximum absolute atomic E-state index is 9.34. The second-order valence-corrected chi connectivity index (χ2v) is 5.50. The third-order valence-electron chi connectivity index (χ3n) is 2.83. The molecule has 98 valence electrons. The minimum atomic E-state index is -0.129. The Labute approximate surface area is 119 Å². The fourth-order valence-corrected chi connectivity index (χ4v) is 2.61. The highest BCUT2D eigenvalue weighted by Crippen LogP contribution is 2.18. The summed E-state index contributed by atoms with van der Waals surface area (Å²) >= 11 is 7.62. The van der Waals surface area contributed by atoms with E-state index in [1.807, 2.05) is 25.1 Å². The van der Waals surface area contributed by atoms with Gasteiger partial charge < -0.3 is 0 Å². The van der Waals surface area contributed by atoms with E-state index in [0.29, 0.717) is 5.88 Å². The van der Waals surface area contributed by atoms with Crippen molar-refractivity contribution in [3.8, 4) is 6.07 Å². The van der Waals surface area contributed by atoms with Gasteiger partial charge in [0.25, 0.3) is 0 Å². The molecule has 0 amide bonds. The van der Waals surface area contributed by atoms with Crippen molar-refractivity contribution in [3.05, 3.63) is 35.9 Å². The summed E-state index contributed by atoms with van der Waals surface area (Å²) < 4.78 is 0. The molecule has 0 aliphatic carbocycles. The van der Waals surface area contributed by atoms with Gasteiger partial charge in [0, 0.05) is 18.3 Å². The third kappa shape index (κ3) is 4.53. The van der Waals surface area contributed by atoms with Crippen LogP contribution in [0.4, 0.5) is 0 Å². The molecule has 0 N–H and O–H groups in total. The Morgan fingerprint density at radius 3 is 2.56 bits per heavy atom. The Balaban J connectivity index is 2.78. The van der Waals surface area contributed by atoms with Crippen LogP contribution < -0.4 is 0 Å². The average molecular weight is 283 g/mol. The lowest BCUT2D eigenvalue weighted by atomic mass is 10.0. The zero-order chi connectivity index (χ0) is 13.4. The molecule has 0 bridgehead atoms. The Bertz CT molecular complexity index is 377. The molecule has 1 aromatic carbocycles. The number of alkyl halides is 1. The lowest BCUT2D eigenvalue weighted by Gasteiger charge is -2.29. The molecule has 2 nitrogen and oxygen atoms in total. The third-order valence-corrected chi connectivity index (χ3v) is 3.91. The minimum absolute atomic E-state index is 0.129. The summed E-state index contributed by atoms with van der Waals surface area (Å²) in [6.45, 7) is 2.82. The lowest BCUT2D eigenvalue weighted by molar-refractivity contribution is 0.222. The molecule has 0 aromatic heterocycles. The van der Waals surface area contributed by atoms with E-state index in [0.717, 1.165) is 12.4 Å². The van der Waals surface area contributed by atoms with Crippen molar-refractivity contribution in [1.29, 1.82) is 5.26 Å². The van der Waals surface area contributed by atoms with Crippen LogP contribution in [0.2, 0.25) is 0 Å². The first-order chi connectivity index (χ1) is 8.72. The topological polar surface area (TPSA) is 27.0 Å². The highest BCUT2D eigenvalue weighted by atomic mass is 35.5. The van der Waals surface area contributed by atoms with Gasteiger partial charge in [0.2, 0.25) is 0 Å². The van der Waals surface area contributed by atoms with Crippen LogP contribution in [0.1, 0.15) is 12.5 Å². The summed E-state index contributed by atoms with van der Waals surface area (Å²) in [5.74, 6) is 1.53. The van der Waals surface area contributed by atoms with Gasteiger partial charge in [-0.25, -0.2) is 0 Å². The van der Waals surface area contributed by atoms with Crippen molar-refractivity contribution in [3.63, 3.8) is 0 Å². The Hall–Kier alpha value is -0.690. The van der Waals surface area contributed by atoms with Gasteiger partial charge in [0.15, 0.2) is 0 Å². The number of nitrogens with zero attached hydrogens (tertiary/aromatic N) is 2. The minimum Gasteiger partial charge on any atom is -0.274 e. The molecule has 1 rings (SSSR count). The van der Waals surface area contributed by atoms with E-state index in [9.17, 15) is 5.26 Å². The first-order valence-electron chi connectivity index (χ1n) is 5.95. The Morgan fingerprint density at radius 2 is 2.06 bits per heavy atom. The molecule has 0 spiro atoms. The van der Waals surface area contributed by atoms with Crippen molar-refractivity contribution < 1.29 is 0 Å². The van der Waals surface area contributed by atoms with Crippen molar-refractivity contribution >= 4 is 23.4 Å². The largest absolute Gasteiger partial charge is 0.274 e. The van der Waals surface area contributed by atoms with Crippen molar-refractivity contribution in [1.82, 2.24) is 4.90 Å². The maximum Gasteiger partial charge on any atom is 0.102 e. The number of thioether (sulfide) groups is 1. The normalized spacial score (nSPS) is 14.2. The quantitative estimate of drug-likeness (QED) is 0.565. The van der Waals surface area contributed by atoms with E-state index < -0.39 is 0 Å². The summed E-state index contributed by atoms with van der Waals surface area (Å²) in [5, 5.41) is 9.34. The molecule has 4 heteroatoms. The van der Waals surface area contributed by atoms with Gasteiger partial charge in [-0.15, -0.1) is 23.4 Å². The molecule has 0 saturated carbocycles. The molecule has 0 heterocycles. The number of hydrogen-bond acceptors (Lipinski definition) is 3. The monoisotopic (exact) mass is 282 g/mol. The van der Waals surface area contributed by atoms with Crippen LogP contribution in [0.5, 0.6) is 0 Å². The van der Waals surface area contributed by atoms with E-state index >= 15 is 0 Å². The second kappa shape index (κ2) is 8.42. The number of benzene rings is 1. The van der Waals surface area contributed by atoms with Crippen LogP contribution in [-0.2, 0) is 6.54 Å². The summed E-state index contributed by atoms with van der Waals surface area (Å²) in [5.41, 5.74) is 1.23. The molecular formula is C14H19ClN2S. The highest BCUT2D eigenvalue weighted by molar-refractivity contribution is 7.98. The molecule has 18 heavy (non-hydrogen) atoms. The molecular weight excluding hydrogens is 264 g/mol. The first-order valence-corrected chi connectivity index (χ1v) is 7.88. The predicted molar refractivity (Wildman–Crippen MR) is 79.7 cm³/mol. The fraction of sp³-hybridized carbons (Fsp3) is 0.500. The SMILES string of the molecule is CSCN(Cc1ccccc1)C(C#N)[C@@H](C)CCl. The Kier molecular flexibility index (Phi) is 7.19. The van der Waals surface area contributed by atoms with Gasteiger partial charge in [0.05, 0.1) is 6.07 Å². The van der Waals surface area contributed by atoms with E-state index in [1.54, 1.807) is 11.8 Å². The van der Waals surface area contributed by atoms with Crippen molar-refractivity contribution in [2.45, 2.75) is 19.5 Å². The molecule has 0 fully saturated rings. The molecule has 1 aromatic rings. The van der Waals surface area contributed by atoms with Crippen LogP contribution in [-0.4, -0.2) is 29.0 Å². The maximum atomic E-state index is 9.34. The van der Waals surface area contributed by atoms with E-state index in [4.69, 9.17) is 11.6 Å². The average Bonchev–Trinajstić information content (AvgIpc) is 2.40. The smallest absolute Gasteiger partial charge is 0.102 e. The molecule has 0 aliphatic heterocycles. The lowest BCUT2D eigenvalue weighted by Crippen LogP contribution is -2.38. The standard InChI is InChI=1S/C14H19ClN2S/c1-12(8-15)14(9-16)17(11-18-2)10-13-6-4-3-5-7-13/h3-7,12,14H,8,10-11H2,1-2H3/t12-,14?/m0/s1. The zero-order valence-electron chi connectivity index (χ0n) is 10.8. The molecule has 0 aliphatic rings. The van der Waals surface area contributed by atoms with Gasteiger partial charge in [-0.3, -0.25) is 4.90 Å². The van der Waals surface area contributed by atoms with Gasteiger partial charge in [-0.1, -0.05) is 37.3 Å². The summed E-state index contributed by atoms with van der Waals surface area (Å²) in [6.07, 6.45) is 2.05. The summed E-state index contributed by atoms with van der Waals surface area (Å²) in [4.78, 5) is 2.19. The van der Waals surface area contributed by atoms with E-state index in [2.05, 4.69) is 29.4 Å². The van der Waals surface area contributed by atoms with Gasteiger partial charge in [-0.05, 0) is 17.7 Å². The number of halogens is 1. The van der Waals surface area contributed by atoms with Crippen LogP contribution in [0.15, 0.2) is 30.3 Å². The van der Waals surface area contributed by atoms with Crippen LogP contribution in [0.25, 0.3) is 0 Å². The Morgan fingerprint density at radius 1 is 1.39 bits per heavy atom. The first kappa shape index (κ1) is 15.4. The van der Waals surface area contributed by atoms with Crippen LogP contribution in [0, 0.1) is 17.2 Å². The zero-order valence-corrected chi connectivity index (χ0v) is 12.4. The number of nitriles is 1. The van der Waals surface area contributed by atoms with E-state index in [1.165, 1.54) is 5.56 Å². The fourth-order valence-electron chi connectivity index (χ4n) is 1.86. The second-order valence-electron chi connectivity index (χ2n) is 4.36. The molecule has 0 saturated heterocycles. The van der Waals surface area contributed by atoms with Crippen LogP contribution in [0.3, 0.4) is 0 Å².